The van der Waals surface area contributed by atoms with E-state index in [1.165, 1.54) is 65.3 Å². The van der Waals surface area contributed by atoms with Crippen molar-refractivity contribution >= 4 is 43.1 Å². The summed E-state index contributed by atoms with van der Waals surface area (Å²) in [7, 11) is 0. The Morgan fingerprint density at radius 1 is 0.325 bits per heavy atom. The summed E-state index contributed by atoms with van der Waals surface area (Å²) in [6, 6.07) is 52.6. The molecule has 0 spiro atoms. The van der Waals surface area contributed by atoms with Crippen molar-refractivity contribution in [2.75, 3.05) is 0 Å². The van der Waals surface area contributed by atoms with Crippen molar-refractivity contribution in [3.8, 4) is 33.5 Å². The minimum atomic E-state index is 1.03. The largest absolute Gasteiger partial charge is 0.256 e. The van der Waals surface area contributed by atoms with Crippen molar-refractivity contribution in [2.45, 2.75) is 0 Å². The van der Waals surface area contributed by atoms with E-state index in [1.807, 2.05) is 6.20 Å². The van der Waals surface area contributed by atoms with Gasteiger partial charge in [0.2, 0.25) is 0 Å². The lowest BCUT2D eigenvalue weighted by Gasteiger charge is -2.14. The number of aromatic nitrogens is 1. The topological polar surface area (TPSA) is 12.9 Å². The number of rotatable bonds is 3. The van der Waals surface area contributed by atoms with Gasteiger partial charge < -0.3 is 0 Å². The fraction of sp³-hybridized carbons (Fsp3) is 0. The van der Waals surface area contributed by atoms with Gasteiger partial charge in [-0.25, -0.2) is 0 Å². The molecule has 0 amide bonds. The molecule has 0 aliphatic carbocycles. The van der Waals surface area contributed by atoms with Crippen LogP contribution in [0.1, 0.15) is 0 Å². The van der Waals surface area contributed by atoms with E-state index in [2.05, 4.69) is 146 Å². The normalized spacial score (nSPS) is 11.5. The molecule has 40 heavy (non-hydrogen) atoms. The average molecular weight is 508 g/mol. The molecule has 8 aromatic rings. The molecule has 1 heterocycles. The van der Waals surface area contributed by atoms with Crippen molar-refractivity contribution in [1.82, 2.24) is 4.98 Å². The van der Waals surface area contributed by atoms with Gasteiger partial charge >= 0.3 is 0 Å². The van der Waals surface area contributed by atoms with Gasteiger partial charge in [-0.1, -0.05) is 115 Å². The Hall–Kier alpha value is -5.27. The smallest absolute Gasteiger partial charge is 0.0780 e. The van der Waals surface area contributed by atoms with Crippen molar-refractivity contribution in [1.29, 1.82) is 0 Å². The highest BCUT2D eigenvalue weighted by Crippen LogP contribution is 2.38. The first-order chi connectivity index (χ1) is 19.8. The number of benzene rings is 7. The lowest BCUT2D eigenvalue weighted by Crippen LogP contribution is -1.88. The predicted molar refractivity (Wildman–Crippen MR) is 171 cm³/mol. The van der Waals surface area contributed by atoms with Gasteiger partial charge in [0.1, 0.15) is 0 Å². The molecule has 1 nitrogen and oxygen atoms in total. The summed E-state index contributed by atoms with van der Waals surface area (Å²) < 4.78 is 0. The molecule has 0 unspecified atom stereocenters. The van der Waals surface area contributed by atoms with Crippen LogP contribution < -0.4 is 0 Å². The third kappa shape index (κ3) is 3.75. The quantitative estimate of drug-likeness (QED) is 0.217. The maximum Gasteiger partial charge on any atom is 0.0780 e. The highest BCUT2D eigenvalue weighted by Gasteiger charge is 2.12. The Labute approximate surface area is 233 Å². The molecule has 0 radical (unpaired) electrons. The Kier molecular flexibility index (Phi) is 5.21. The van der Waals surface area contributed by atoms with Gasteiger partial charge in [0.05, 0.1) is 5.69 Å². The second kappa shape index (κ2) is 9.18. The third-order valence-electron chi connectivity index (χ3n) is 8.06. The van der Waals surface area contributed by atoms with E-state index in [0.717, 1.165) is 11.3 Å². The number of nitrogens with zero attached hydrogens (tertiary/aromatic N) is 1. The zero-order valence-electron chi connectivity index (χ0n) is 21.9. The number of hydrogen-bond donors (Lipinski definition) is 0. The highest BCUT2D eigenvalue weighted by molar-refractivity contribution is 6.10. The summed E-state index contributed by atoms with van der Waals surface area (Å²) in [6.45, 7) is 0. The fourth-order valence-corrected chi connectivity index (χ4v) is 6.07. The van der Waals surface area contributed by atoms with E-state index in [9.17, 15) is 0 Å². The van der Waals surface area contributed by atoms with E-state index in [1.54, 1.807) is 0 Å². The van der Waals surface area contributed by atoms with Crippen LogP contribution in [0.4, 0.5) is 0 Å². The molecule has 8 rings (SSSR count). The van der Waals surface area contributed by atoms with Gasteiger partial charge in [-0.3, -0.25) is 4.98 Å². The van der Waals surface area contributed by atoms with Crippen LogP contribution in [0.5, 0.6) is 0 Å². The molecule has 1 heteroatoms. The van der Waals surface area contributed by atoms with Crippen LogP contribution in [0.15, 0.2) is 152 Å². The molecule has 0 aliphatic rings. The van der Waals surface area contributed by atoms with E-state index < -0.39 is 0 Å². The van der Waals surface area contributed by atoms with E-state index in [-0.39, 0.29) is 0 Å². The molecule has 1 aromatic heterocycles. The second-order valence-electron chi connectivity index (χ2n) is 10.4. The van der Waals surface area contributed by atoms with Gasteiger partial charge in [-0.05, 0) is 90.3 Å². The molecule has 0 fully saturated rings. The predicted octanol–water partition coefficient (Wildman–Crippen LogP) is 10.7. The summed E-state index contributed by atoms with van der Waals surface area (Å²) in [4.78, 5) is 4.75. The van der Waals surface area contributed by atoms with Crippen molar-refractivity contribution < 1.29 is 0 Å². The summed E-state index contributed by atoms with van der Waals surface area (Å²) in [5.74, 6) is 0. The molecule has 0 bridgehead atoms. The first-order valence-electron chi connectivity index (χ1n) is 13.7. The minimum absolute atomic E-state index is 1.03. The van der Waals surface area contributed by atoms with Gasteiger partial charge in [0.25, 0.3) is 0 Å². The average Bonchev–Trinajstić information content (AvgIpc) is 3.03. The van der Waals surface area contributed by atoms with Crippen LogP contribution in [-0.2, 0) is 0 Å². The maximum absolute atomic E-state index is 4.75. The second-order valence-corrected chi connectivity index (χ2v) is 10.4. The highest BCUT2D eigenvalue weighted by atomic mass is 14.7. The summed E-state index contributed by atoms with van der Waals surface area (Å²) in [5, 5.41) is 9.90. The Morgan fingerprint density at radius 3 is 1.62 bits per heavy atom. The van der Waals surface area contributed by atoms with Gasteiger partial charge in [0.15, 0.2) is 0 Å². The molecule has 0 aliphatic heterocycles. The Bertz CT molecular complexity index is 2200. The summed E-state index contributed by atoms with van der Waals surface area (Å²) in [6.07, 6.45) is 1.90. The zero-order chi connectivity index (χ0) is 26.5. The van der Waals surface area contributed by atoms with Crippen molar-refractivity contribution in [3.63, 3.8) is 0 Å². The standard InChI is InChI=1S/C39H25N/c1-2-8-26(9-3-1)37-24-28-11-4-5-12-29(28)25-38(37)32-16-18-34-30(22-32)14-15-31-23-33(17-19-35(31)34)39-36-13-7-6-10-27(36)20-21-40-39/h1-25H. The van der Waals surface area contributed by atoms with E-state index in [0.29, 0.717) is 0 Å². The van der Waals surface area contributed by atoms with Crippen LogP contribution >= 0.6 is 0 Å². The fourth-order valence-electron chi connectivity index (χ4n) is 6.07. The molecule has 186 valence electrons. The van der Waals surface area contributed by atoms with Crippen LogP contribution in [0.25, 0.3) is 76.6 Å². The van der Waals surface area contributed by atoms with E-state index >= 15 is 0 Å². The molecule has 0 saturated heterocycles. The number of hydrogen-bond acceptors (Lipinski definition) is 1. The number of pyridine rings is 1. The lowest BCUT2D eigenvalue weighted by molar-refractivity contribution is 1.36. The molecule has 7 aromatic carbocycles. The van der Waals surface area contributed by atoms with E-state index in [4.69, 9.17) is 4.98 Å². The summed E-state index contributed by atoms with van der Waals surface area (Å²) >= 11 is 0. The van der Waals surface area contributed by atoms with Crippen molar-refractivity contribution in [2.24, 2.45) is 0 Å². The summed E-state index contributed by atoms with van der Waals surface area (Å²) in [5.41, 5.74) is 7.14. The maximum atomic E-state index is 4.75. The zero-order valence-corrected chi connectivity index (χ0v) is 21.9. The van der Waals surface area contributed by atoms with Crippen molar-refractivity contribution in [3.05, 3.63) is 152 Å². The van der Waals surface area contributed by atoms with Gasteiger partial charge in [-0.2, -0.15) is 0 Å². The SMILES string of the molecule is c1ccc(-c2cc3ccccc3cc2-c2ccc3c(ccc4cc(-c5nccc6ccccc56)ccc43)c2)cc1. The first-order valence-corrected chi connectivity index (χ1v) is 13.7. The monoisotopic (exact) mass is 507 g/mol. The first kappa shape index (κ1) is 22.7. The third-order valence-corrected chi connectivity index (χ3v) is 8.06. The minimum Gasteiger partial charge on any atom is -0.256 e. The molecule has 0 N–H and O–H groups in total. The van der Waals surface area contributed by atoms with Gasteiger partial charge in [0, 0.05) is 17.1 Å². The molecule has 0 saturated carbocycles. The Balaban J connectivity index is 1.28. The molecule has 0 atom stereocenters. The number of fused-ring (bicyclic) bond motifs is 5. The van der Waals surface area contributed by atoms with Crippen LogP contribution in [0.3, 0.4) is 0 Å². The van der Waals surface area contributed by atoms with Gasteiger partial charge in [-0.15, -0.1) is 0 Å². The Morgan fingerprint density at radius 2 is 0.900 bits per heavy atom. The van der Waals surface area contributed by atoms with Crippen LogP contribution in [-0.4, -0.2) is 4.98 Å². The molecular formula is C39H25N. The molecular weight excluding hydrogens is 482 g/mol. The van der Waals surface area contributed by atoms with Crippen LogP contribution in [0.2, 0.25) is 0 Å². The lowest BCUT2D eigenvalue weighted by atomic mass is 9.90. The van der Waals surface area contributed by atoms with Crippen LogP contribution in [0, 0.1) is 0 Å².